The highest BCUT2D eigenvalue weighted by Crippen LogP contribution is 2.25. The smallest absolute Gasteiger partial charge is 0.137 e. The van der Waals surface area contributed by atoms with E-state index in [0.29, 0.717) is 6.54 Å². The van der Waals surface area contributed by atoms with E-state index < -0.39 is 0 Å². The highest BCUT2D eigenvalue weighted by molar-refractivity contribution is 7.13. The molecule has 3 nitrogen and oxygen atoms in total. The Kier molecular flexibility index (Phi) is 2.40. The van der Waals surface area contributed by atoms with Crippen LogP contribution in [0.15, 0.2) is 0 Å². The summed E-state index contributed by atoms with van der Waals surface area (Å²) in [6.45, 7) is 2.46. The number of aldehydes is 1. The predicted molar refractivity (Wildman–Crippen MR) is 41.4 cm³/mol. The molecule has 1 saturated heterocycles. The molecule has 4 atom stereocenters. The zero-order chi connectivity index (χ0) is 7.72. The molecule has 10 heavy (non-hydrogen) atoms. The molecule has 1 aliphatic heterocycles. The number of hydrogen-bond donors (Lipinski definition) is 1. The fraction of sp³-hybridized carbons (Fsp3) is 0.833. The van der Waals surface area contributed by atoms with Gasteiger partial charge in [0.1, 0.15) is 6.29 Å². The van der Waals surface area contributed by atoms with Crippen LogP contribution in [0.2, 0.25) is 0 Å². The molecule has 0 bridgehead atoms. The average molecular weight is 161 g/mol. The van der Waals surface area contributed by atoms with Crippen LogP contribution in [0.1, 0.15) is 6.92 Å². The molecule has 58 valence electrons. The minimum absolute atomic E-state index is 0.0648. The zero-order valence-corrected chi connectivity index (χ0v) is 7.05. The van der Waals surface area contributed by atoms with Gasteiger partial charge in [0.15, 0.2) is 0 Å². The van der Waals surface area contributed by atoms with Crippen molar-refractivity contribution in [1.82, 2.24) is 4.67 Å². The van der Waals surface area contributed by atoms with Crippen molar-refractivity contribution in [3.63, 3.8) is 0 Å². The number of aliphatic hydroxyl groups excluding tert-OH is 1. The molecule has 2 unspecified atom stereocenters. The van der Waals surface area contributed by atoms with Crippen molar-refractivity contribution in [2.24, 2.45) is 5.92 Å². The molecular formula is C6H12NO2P. The number of carbonyl (C=O) groups excluding carboxylic acids is 1. The lowest BCUT2D eigenvalue weighted by Crippen LogP contribution is -2.25. The third kappa shape index (κ3) is 1.22. The van der Waals surface area contributed by atoms with E-state index in [2.05, 4.69) is 9.39 Å². The lowest BCUT2D eigenvalue weighted by Gasteiger charge is -2.14. The summed E-state index contributed by atoms with van der Waals surface area (Å²) < 4.78 is 1.79. The number of carbonyl (C=O) groups is 1. The van der Waals surface area contributed by atoms with Crippen LogP contribution in [0, 0.1) is 5.92 Å². The number of hydrogen-bond acceptors (Lipinski definition) is 3. The van der Waals surface area contributed by atoms with Crippen LogP contribution in [0.3, 0.4) is 0 Å². The zero-order valence-electron chi connectivity index (χ0n) is 5.90. The molecule has 0 aromatic heterocycles. The standard InChI is InChI=1S/C6H12NO2P/c1-4-5(3-8)7(10)2-6(4)9/h3-6,9H,2,10H2,1H3/t4?,5-,6+/m1/s1. The van der Waals surface area contributed by atoms with E-state index in [1.54, 1.807) is 4.67 Å². The van der Waals surface area contributed by atoms with Crippen molar-refractivity contribution in [2.45, 2.75) is 19.1 Å². The third-order valence-corrected chi connectivity index (χ3v) is 2.62. The molecular weight excluding hydrogens is 149 g/mol. The number of β-amino-alcohol motifs (C(OH)–C–C–N with tert-alkyl or cyclic N) is 1. The van der Waals surface area contributed by atoms with Gasteiger partial charge in [-0.05, 0) is 0 Å². The molecule has 1 heterocycles. The third-order valence-electron chi connectivity index (χ3n) is 2.07. The second kappa shape index (κ2) is 2.95. The molecule has 0 spiro atoms. The van der Waals surface area contributed by atoms with Gasteiger partial charge >= 0.3 is 0 Å². The van der Waals surface area contributed by atoms with Crippen molar-refractivity contribution >= 4 is 15.7 Å². The molecule has 4 heteroatoms. The van der Waals surface area contributed by atoms with Gasteiger partial charge in [0.2, 0.25) is 0 Å². The highest BCUT2D eigenvalue weighted by atomic mass is 31.0. The molecule has 1 N–H and O–H groups in total. The van der Waals surface area contributed by atoms with Crippen molar-refractivity contribution < 1.29 is 9.90 Å². The second-order valence-electron chi connectivity index (χ2n) is 2.75. The van der Waals surface area contributed by atoms with Crippen molar-refractivity contribution in [1.29, 1.82) is 0 Å². The van der Waals surface area contributed by atoms with Crippen LogP contribution in [0.25, 0.3) is 0 Å². The van der Waals surface area contributed by atoms with Crippen molar-refractivity contribution in [3.8, 4) is 0 Å². The van der Waals surface area contributed by atoms with Crippen molar-refractivity contribution in [3.05, 3.63) is 0 Å². The molecule has 0 aromatic carbocycles. The Balaban J connectivity index is 2.63. The SMILES string of the molecule is CC1[C@@H](C=O)N(P)C[C@@H]1O. The maximum absolute atomic E-state index is 10.4. The Morgan fingerprint density at radius 2 is 2.40 bits per heavy atom. The van der Waals surface area contributed by atoms with Gasteiger partial charge in [0, 0.05) is 12.5 Å². The van der Waals surface area contributed by atoms with E-state index >= 15 is 0 Å². The largest absolute Gasteiger partial charge is 0.391 e. The summed E-state index contributed by atoms with van der Waals surface area (Å²) in [6, 6.07) is -0.125. The summed E-state index contributed by atoms with van der Waals surface area (Å²) in [5.41, 5.74) is 0. The fourth-order valence-corrected chi connectivity index (χ4v) is 1.79. The highest BCUT2D eigenvalue weighted by Gasteiger charge is 2.35. The number of rotatable bonds is 1. The summed E-state index contributed by atoms with van der Waals surface area (Å²) in [5, 5.41) is 9.26. The molecule has 0 aromatic rings. The number of aliphatic hydroxyl groups is 1. The lowest BCUT2D eigenvalue weighted by molar-refractivity contribution is -0.111. The summed E-state index contributed by atoms with van der Waals surface area (Å²) in [4.78, 5) is 10.4. The monoisotopic (exact) mass is 161 g/mol. The van der Waals surface area contributed by atoms with Crippen LogP contribution in [-0.4, -0.2) is 34.8 Å². The van der Waals surface area contributed by atoms with E-state index in [9.17, 15) is 9.90 Å². The van der Waals surface area contributed by atoms with Crippen LogP contribution in [0.4, 0.5) is 0 Å². The fourth-order valence-electron chi connectivity index (χ4n) is 1.24. The molecule has 1 rings (SSSR count). The van der Waals surface area contributed by atoms with Crippen LogP contribution >= 0.6 is 9.39 Å². The van der Waals surface area contributed by atoms with Gasteiger partial charge < -0.3 is 9.90 Å². The Bertz CT molecular complexity index is 142. The average Bonchev–Trinajstić information content (AvgIpc) is 2.09. The second-order valence-corrected chi connectivity index (χ2v) is 3.41. The van der Waals surface area contributed by atoms with Gasteiger partial charge in [-0.1, -0.05) is 16.3 Å². The molecule has 1 aliphatic rings. The molecule has 0 amide bonds. The first-order valence-corrected chi connectivity index (χ1v) is 3.83. The summed E-state index contributed by atoms with van der Waals surface area (Å²) in [7, 11) is 2.45. The summed E-state index contributed by atoms with van der Waals surface area (Å²) >= 11 is 0. The maximum atomic E-state index is 10.4. The van der Waals surface area contributed by atoms with Gasteiger partial charge in [0.25, 0.3) is 0 Å². The Labute approximate surface area is 62.7 Å². The lowest BCUT2D eigenvalue weighted by atomic mass is 10.0. The van der Waals surface area contributed by atoms with Gasteiger partial charge in [0.05, 0.1) is 12.1 Å². The van der Waals surface area contributed by atoms with Crippen LogP contribution in [-0.2, 0) is 4.79 Å². The molecule has 0 radical (unpaired) electrons. The predicted octanol–water partition coefficient (Wildman–Crippen LogP) is -0.343. The summed E-state index contributed by atoms with van der Waals surface area (Å²) in [5.74, 6) is 0.0648. The first kappa shape index (κ1) is 8.12. The first-order valence-electron chi connectivity index (χ1n) is 3.31. The van der Waals surface area contributed by atoms with E-state index in [-0.39, 0.29) is 18.1 Å². The topological polar surface area (TPSA) is 40.5 Å². The van der Waals surface area contributed by atoms with E-state index in [1.807, 2.05) is 6.92 Å². The molecule has 1 fully saturated rings. The van der Waals surface area contributed by atoms with Gasteiger partial charge in [-0.3, -0.25) is 4.67 Å². The minimum atomic E-state index is -0.354. The van der Waals surface area contributed by atoms with Gasteiger partial charge in [-0.25, -0.2) is 0 Å². The van der Waals surface area contributed by atoms with Gasteiger partial charge in [-0.15, -0.1) is 0 Å². The number of nitrogens with zero attached hydrogens (tertiary/aromatic N) is 1. The summed E-state index contributed by atoms with van der Waals surface area (Å²) in [6.07, 6.45) is 0.529. The quantitative estimate of drug-likeness (QED) is 0.422. The Morgan fingerprint density at radius 3 is 2.60 bits per heavy atom. The van der Waals surface area contributed by atoms with E-state index in [0.717, 1.165) is 6.29 Å². The Morgan fingerprint density at radius 1 is 1.80 bits per heavy atom. The van der Waals surface area contributed by atoms with Crippen LogP contribution in [0.5, 0.6) is 0 Å². The molecule has 0 aliphatic carbocycles. The minimum Gasteiger partial charge on any atom is -0.391 e. The van der Waals surface area contributed by atoms with Crippen LogP contribution < -0.4 is 0 Å². The van der Waals surface area contributed by atoms with E-state index in [1.165, 1.54) is 0 Å². The first-order chi connectivity index (χ1) is 4.66. The maximum Gasteiger partial charge on any atom is 0.137 e. The van der Waals surface area contributed by atoms with Crippen molar-refractivity contribution in [2.75, 3.05) is 6.54 Å². The van der Waals surface area contributed by atoms with E-state index in [4.69, 9.17) is 0 Å². The molecule has 0 saturated carbocycles. The Hall–Kier alpha value is 0.0200. The normalized spacial score (nSPS) is 42.1. The van der Waals surface area contributed by atoms with Gasteiger partial charge in [-0.2, -0.15) is 0 Å².